The summed E-state index contributed by atoms with van der Waals surface area (Å²) >= 11 is 9.09. The second kappa shape index (κ2) is 4.18. The first kappa shape index (κ1) is 11.6. The Kier molecular flexibility index (Phi) is 3.04. The Morgan fingerprint density at radius 3 is 2.88 bits per heavy atom. The first-order valence-electron chi connectivity index (χ1n) is 4.79. The van der Waals surface area contributed by atoms with Crippen molar-refractivity contribution < 1.29 is 9.59 Å². The third-order valence-electron chi connectivity index (χ3n) is 2.43. The highest BCUT2D eigenvalue weighted by Crippen LogP contribution is 2.32. The van der Waals surface area contributed by atoms with Crippen molar-refractivity contribution in [1.29, 1.82) is 0 Å². The lowest BCUT2D eigenvalue weighted by molar-refractivity contribution is -0.115. The minimum absolute atomic E-state index is 0.0932. The third kappa shape index (κ3) is 1.99. The fraction of sp³-hybridized carbons (Fsp3) is 0.273. The Hall–Kier alpha value is -0.870. The molecule has 1 aliphatic heterocycles. The predicted octanol–water partition coefficient (Wildman–Crippen LogP) is 2.75. The van der Waals surface area contributed by atoms with Gasteiger partial charge in [0.25, 0.3) is 0 Å². The molecule has 1 aromatic carbocycles. The zero-order valence-electron chi connectivity index (χ0n) is 8.51. The van der Waals surface area contributed by atoms with Crippen molar-refractivity contribution in [1.82, 2.24) is 0 Å². The minimum Gasteiger partial charge on any atom is -0.325 e. The van der Waals surface area contributed by atoms with Crippen LogP contribution in [0.2, 0.25) is 0 Å². The van der Waals surface area contributed by atoms with Crippen LogP contribution in [0.4, 0.5) is 5.69 Å². The number of ketones is 1. The number of hydrogen-bond donors (Lipinski definition) is 1. The van der Waals surface area contributed by atoms with Crippen molar-refractivity contribution in [2.45, 2.75) is 18.7 Å². The molecule has 0 saturated heterocycles. The smallest absolute Gasteiger partial charge is 0.228 e. The number of hydrogen-bond acceptors (Lipinski definition) is 2. The van der Waals surface area contributed by atoms with Crippen LogP contribution in [0, 0.1) is 0 Å². The van der Waals surface area contributed by atoms with Crippen LogP contribution in [0.3, 0.4) is 0 Å². The lowest BCUT2D eigenvalue weighted by Crippen LogP contribution is -2.13. The molecule has 0 radical (unpaired) electrons. The summed E-state index contributed by atoms with van der Waals surface area (Å²) in [6.07, 6.45) is 0.311. The van der Waals surface area contributed by atoms with E-state index in [4.69, 9.17) is 11.6 Å². The summed E-state index contributed by atoms with van der Waals surface area (Å²) in [6.45, 7) is 1.62. The summed E-state index contributed by atoms with van der Waals surface area (Å²) in [5.74, 6) is -0.272. The van der Waals surface area contributed by atoms with Crippen molar-refractivity contribution in [3.63, 3.8) is 0 Å². The van der Waals surface area contributed by atoms with Gasteiger partial charge in [-0.25, -0.2) is 0 Å². The number of fused-ring (bicyclic) bond motifs is 1. The van der Waals surface area contributed by atoms with Gasteiger partial charge in [-0.3, -0.25) is 9.59 Å². The van der Waals surface area contributed by atoms with Crippen LogP contribution in [0.15, 0.2) is 16.6 Å². The number of amides is 1. The van der Waals surface area contributed by atoms with E-state index in [-0.39, 0.29) is 11.7 Å². The highest BCUT2D eigenvalue weighted by Gasteiger charge is 2.26. The summed E-state index contributed by atoms with van der Waals surface area (Å²) in [6, 6.07) is 3.52. The Morgan fingerprint density at radius 1 is 1.56 bits per heavy atom. The normalized spacial score (nSPS) is 15.6. The largest absolute Gasteiger partial charge is 0.325 e. The van der Waals surface area contributed by atoms with Gasteiger partial charge < -0.3 is 5.32 Å². The van der Waals surface area contributed by atoms with Gasteiger partial charge in [-0.2, -0.15) is 0 Å². The molecule has 3 nitrogen and oxygen atoms in total. The highest BCUT2D eigenvalue weighted by atomic mass is 79.9. The zero-order chi connectivity index (χ0) is 11.9. The molecule has 84 valence electrons. The molecule has 1 heterocycles. The molecule has 1 atom stereocenters. The summed E-state index contributed by atoms with van der Waals surface area (Å²) in [7, 11) is 0. The van der Waals surface area contributed by atoms with Gasteiger partial charge in [0, 0.05) is 10.0 Å². The molecule has 0 aliphatic carbocycles. The van der Waals surface area contributed by atoms with Crippen LogP contribution in [-0.4, -0.2) is 17.1 Å². The van der Waals surface area contributed by atoms with E-state index in [0.29, 0.717) is 17.7 Å². The van der Waals surface area contributed by atoms with Crippen molar-refractivity contribution in [3.05, 3.63) is 27.7 Å². The van der Waals surface area contributed by atoms with E-state index >= 15 is 0 Å². The molecule has 16 heavy (non-hydrogen) atoms. The first-order valence-corrected chi connectivity index (χ1v) is 6.02. The molecule has 5 heteroatoms. The number of anilines is 1. The van der Waals surface area contributed by atoms with Gasteiger partial charge in [0.15, 0.2) is 5.78 Å². The fourth-order valence-electron chi connectivity index (χ4n) is 1.72. The van der Waals surface area contributed by atoms with Crippen LogP contribution >= 0.6 is 27.5 Å². The Labute approximate surface area is 106 Å². The van der Waals surface area contributed by atoms with Gasteiger partial charge in [0.2, 0.25) is 5.91 Å². The number of Topliss-reactive ketones (excluding diaryl/α,β-unsaturated/α-hetero) is 1. The average molecular weight is 303 g/mol. The number of carbonyl (C=O) groups excluding carboxylic acids is 2. The van der Waals surface area contributed by atoms with Gasteiger partial charge in [0.1, 0.15) is 0 Å². The molecule has 1 aliphatic rings. The summed E-state index contributed by atoms with van der Waals surface area (Å²) in [5, 5.41) is 2.09. The first-order chi connectivity index (χ1) is 7.49. The number of carbonyl (C=O) groups is 2. The molecule has 1 unspecified atom stereocenters. The molecule has 0 saturated carbocycles. The van der Waals surface area contributed by atoms with Crippen LogP contribution in [0.1, 0.15) is 22.8 Å². The van der Waals surface area contributed by atoms with Crippen LogP contribution in [0.5, 0.6) is 0 Å². The number of benzene rings is 1. The molecule has 1 amide bonds. The average Bonchev–Trinajstić information content (AvgIpc) is 2.55. The number of halogens is 2. The van der Waals surface area contributed by atoms with E-state index in [2.05, 4.69) is 21.2 Å². The number of alkyl halides is 1. The second-order valence-electron chi connectivity index (χ2n) is 3.69. The third-order valence-corrected chi connectivity index (χ3v) is 3.08. The van der Waals surface area contributed by atoms with Crippen LogP contribution < -0.4 is 5.32 Å². The van der Waals surface area contributed by atoms with E-state index in [1.807, 2.05) is 6.07 Å². The van der Waals surface area contributed by atoms with Crippen molar-refractivity contribution in [2.75, 3.05) is 5.32 Å². The standard InChI is InChI=1S/C11H9BrClNO2/c1-5(13)11(16)8-4-7(12)2-6-3-9(15)14-10(6)8/h2,4-5H,3H2,1H3,(H,14,15). The molecule has 0 spiro atoms. The van der Waals surface area contributed by atoms with Crippen molar-refractivity contribution in [3.8, 4) is 0 Å². The Morgan fingerprint density at radius 2 is 2.25 bits per heavy atom. The number of nitrogens with one attached hydrogen (secondary N) is 1. The molecule has 2 rings (SSSR count). The van der Waals surface area contributed by atoms with Gasteiger partial charge >= 0.3 is 0 Å². The lowest BCUT2D eigenvalue weighted by atomic mass is 10.0. The monoisotopic (exact) mass is 301 g/mol. The maximum atomic E-state index is 11.9. The fourth-order valence-corrected chi connectivity index (χ4v) is 2.34. The number of rotatable bonds is 2. The molecule has 1 aromatic rings. The lowest BCUT2D eigenvalue weighted by Gasteiger charge is -2.09. The van der Waals surface area contributed by atoms with Crippen LogP contribution in [0.25, 0.3) is 0 Å². The van der Waals surface area contributed by atoms with Gasteiger partial charge in [-0.05, 0) is 24.6 Å². The van der Waals surface area contributed by atoms with E-state index in [1.165, 1.54) is 0 Å². The van der Waals surface area contributed by atoms with E-state index in [1.54, 1.807) is 13.0 Å². The van der Waals surface area contributed by atoms with E-state index in [9.17, 15) is 9.59 Å². The molecular formula is C11H9BrClNO2. The SMILES string of the molecule is CC(Cl)C(=O)c1cc(Br)cc2c1NC(=O)C2. The quantitative estimate of drug-likeness (QED) is 0.674. The molecule has 1 N–H and O–H groups in total. The maximum absolute atomic E-state index is 11.9. The maximum Gasteiger partial charge on any atom is 0.228 e. The highest BCUT2D eigenvalue weighted by molar-refractivity contribution is 9.10. The Bertz CT molecular complexity index is 485. The second-order valence-corrected chi connectivity index (χ2v) is 5.26. The van der Waals surface area contributed by atoms with E-state index < -0.39 is 5.38 Å². The van der Waals surface area contributed by atoms with Crippen molar-refractivity contribution in [2.24, 2.45) is 0 Å². The Balaban J connectivity index is 2.55. The topological polar surface area (TPSA) is 46.2 Å². The van der Waals surface area contributed by atoms with Gasteiger partial charge in [-0.1, -0.05) is 15.9 Å². The van der Waals surface area contributed by atoms with Crippen molar-refractivity contribution >= 4 is 44.9 Å². The van der Waals surface area contributed by atoms with Gasteiger partial charge in [0.05, 0.1) is 17.5 Å². The molecule has 0 aromatic heterocycles. The molecular weight excluding hydrogens is 293 g/mol. The summed E-state index contributed by atoms with van der Waals surface area (Å²) < 4.78 is 0.781. The minimum atomic E-state index is -0.601. The molecule has 0 bridgehead atoms. The predicted molar refractivity (Wildman–Crippen MR) is 66.1 cm³/mol. The summed E-state index contributed by atoms with van der Waals surface area (Å²) in [5.41, 5.74) is 1.91. The van der Waals surface area contributed by atoms with Crippen LogP contribution in [-0.2, 0) is 11.2 Å². The molecule has 0 fully saturated rings. The zero-order valence-corrected chi connectivity index (χ0v) is 10.9. The summed E-state index contributed by atoms with van der Waals surface area (Å²) in [4.78, 5) is 23.1. The van der Waals surface area contributed by atoms with E-state index in [0.717, 1.165) is 10.0 Å². The van der Waals surface area contributed by atoms with Gasteiger partial charge in [-0.15, -0.1) is 11.6 Å².